The van der Waals surface area contributed by atoms with Crippen molar-refractivity contribution in [2.24, 2.45) is 7.05 Å². The number of hydrogen-bond donors (Lipinski definition) is 0. The highest BCUT2D eigenvalue weighted by Crippen LogP contribution is 2.24. The number of hydrogen-bond acceptors (Lipinski definition) is 2. The van der Waals surface area contributed by atoms with Crippen molar-refractivity contribution in [1.82, 2.24) is 9.55 Å². The Morgan fingerprint density at radius 1 is 1.10 bits per heavy atom. The standard InChI is InChI=1S/C17H17N3/c1-17(2,3)15-8-13(7-14(9-15)10-18)5-6-16-11-20(4)12-19-16/h7-9,11-12H,1-4H3. The fraction of sp³-hybridized carbons (Fsp3) is 0.294. The van der Waals surface area contributed by atoms with E-state index in [1.807, 2.05) is 36.0 Å². The molecule has 0 saturated carbocycles. The molecule has 3 nitrogen and oxygen atoms in total. The summed E-state index contributed by atoms with van der Waals surface area (Å²) in [4.78, 5) is 4.17. The molecule has 100 valence electrons. The smallest absolute Gasteiger partial charge is 0.131 e. The molecular formula is C17H17N3. The number of aryl methyl sites for hydroxylation is 1. The second kappa shape index (κ2) is 5.23. The van der Waals surface area contributed by atoms with E-state index in [0.29, 0.717) is 5.56 Å². The molecule has 0 atom stereocenters. The molecule has 1 aromatic carbocycles. The Hall–Kier alpha value is -2.52. The monoisotopic (exact) mass is 263 g/mol. The molecule has 0 amide bonds. The van der Waals surface area contributed by atoms with Gasteiger partial charge >= 0.3 is 0 Å². The maximum Gasteiger partial charge on any atom is 0.131 e. The van der Waals surface area contributed by atoms with Crippen molar-refractivity contribution >= 4 is 0 Å². The van der Waals surface area contributed by atoms with E-state index in [1.165, 1.54) is 0 Å². The van der Waals surface area contributed by atoms with Gasteiger partial charge in [-0.05, 0) is 35.1 Å². The van der Waals surface area contributed by atoms with E-state index in [1.54, 1.807) is 6.33 Å². The lowest BCUT2D eigenvalue weighted by molar-refractivity contribution is 0.590. The van der Waals surface area contributed by atoms with Crippen LogP contribution < -0.4 is 0 Å². The Bertz CT molecular complexity index is 728. The van der Waals surface area contributed by atoms with Crippen LogP contribution in [-0.4, -0.2) is 9.55 Å². The molecule has 1 heterocycles. The van der Waals surface area contributed by atoms with Gasteiger partial charge in [0.25, 0.3) is 0 Å². The van der Waals surface area contributed by atoms with Gasteiger partial charge in [0.05, 0.1) is 18.0 Å². The maximum absolute atomic E-state index is 9.13. The van der Waals surface area contributed by atoms with Crippen molar-refractivity contribution in [2.75, 3.05) is 0 Å². The Labute approximate surface area is 119 Å². The van der Waals surface area contributed by atoms with Crippen LogP contribution in [0, 0.1) is 23.2 Å². The van der Waals surface area contributed by atoms with Crippen LogP contribution in [0.3, 0.4) is 0 Å². The van der Waals surface area contributed by atoms with Crippen molar-refractivity contribution in [3.05, 3.63) is 53.1 Å². The van der Waals surface area contributed by atoms with Crippen LogP contribution in [-0.2, 0) is 12.5 Å². The summed E-state index contributed by atoms with van der Waals surface area (Å²) < 4.78 is 1.86. The van der Waals surface area contributed by atoms with Crippen LogP contribution in [0.25, 0.3) is 0 Å². The predicted molar refractivity (Wildman–Crippen MR) is 79.0 cm³/mol. The first-order valence-corrected chi connectivity index (χ1v) is 6.44. The van der Waals surface area contributed by atoms with Gasteiger partial charge in [-0.2, -0.15) is 5.26 Å². The molecule has 2 aromatic rings. The zero-order chi connectivity index (χ0) is 14.8. The normalized spacial score (nSPS) is 10.6. The van der Waals surface area contributed by atoms with E-state index in [9.17, 15) is 0 Å². The van der Waals surface area contributed by atoms with E-state index in [4.69, 9.17) is 5.26 Å². The molecule has 1 aromatic heterocycles. The van der Waals surface area contributed by atoms with Crippen molar-refractivity contribution in [3.8, 4) is 17.9 Å². The lowest BCUT2D eigenvalue weighted by atomic mass is 9.85. The van der Waals surface area contributed by atoms with Gasteiger partial charge in [-0.3, -0.25) is 0 Å². The average molecular weight is 263 g/mol. The number of imidazole rings is 1. The van der Waals surface area contributed by atoms with Crippen molar-refractivity contribution < 1.29 is 0 Å². The molecule has 0 aliphatic carbocycles. The molecule has 0 radical (unpaired) electrons. The first-order chi connectivity index (χ1) is 9.38. The molecule has 0 aliphatic rings. The van der Waals surface area contributed by atoms with Crippen LogP contribution in [0.5, 0.6) is 0 Å². The highest BCUT2D eigenvalue weighted by Gasteiger charge is 2.14. The van der Waals surface area contributed by atoms with Crippen LogP contribution in [0.1, 0.15) is 43.2 Å². The summed E-state index contributed by atoms with van der Waals surface area (Å²) in [5.41, 5.74) is 3.32. The third-order valence-corrected chi connectivity index (χ3v) is 2.97. The molecule has 0 bridgehead atoms. The quantitative estimate of drug-likeness (QED) is 0.686. The number of rotatable bonds is 0. The molecule has 0 unspecified atom stereocenters. The number of nitrogens with zero attached hydrogens (tertiary/aromatic N) is 3. The minimum absolute atomic E-state index is 0.00567. The minimum atomic E-state index is -0.00567. The first kappa shape index (κ1) is 13.9. The largest absolute Gasteiger partial charge is 0.339 e. The van der Waals surface area contributed by atoms with Crippen molar-refractivity contribution in [1.29, 1.82) is 5.26 Å². The van der Waals surface area contributed by atoms with Gasteiger partial charge in [0.15, 0.2) is 0 Å². The third-order valence-electron chi connectivity index (χ3n) is 2.97. The van der Waals surface area contributed by atoms with E-state index >= 15 is 0 Å². The molecule has 20 heavy (non-hydrogen) atoms. The fourth-order valence-electron chi connectivity index (χ4n) is 1.81. The molecular weight excluding hydrogens is 246 g/mol. The number of nitriles is 1. The summed E-state index contributed by atoms with van der Waals surface area (Å²) in [7, 11) is 1.91. The summed E-state index contributed by atoms with van der Waals surface area (Å²) in [6.07, 6.45) is 3.59. The summed E-state index contributed by atoms with van der Waals surface area (Å²) in [6, 6.07) is 7.97. The molecule has 2 rings (SSSR count). The van der Waals surface area contributed by atoms with E-state index < -0.39 is 0 Å². The van der Waals surface area contributed by atoms with E-state index in [0.717, 1.165) is 16.8 Å². The third kappa shape index (κ3) is 3.28. The van der Waals surface area contributed by atoms with Gasteiger partial charge < -0.3 is 4.57 Å². The minimum Gasteiger partial charge on any atom is -0.339 e. The molecule has 0 N–H and O–H groups in total. The fourth-order valence-corrected chi connectivity index (χ4v) is 1.81. The Morgan fingerprint density at radius 3 is 2.35 bits per heavy atom. The van der Waals surface area contributed by atoms with Gasteiger partial charge in [0, 0.05) is 18.8 Å². The summed E-state index contributed by atoms with van der Waals surface area (Å²) in [5, 5.41) is 9.13. The molecule has 0 spiro atoms. The van der Waals surface area contributed by atoms with Gasteiger partial charge in [-0.1, -0.05) is 26.7 Å². The Balaban J connectivity index is 2.43. The molecule has 0 saturated heterocycles. The highest BCUT2D eigenvalue weighted by atomic mass is 15.0. The van der Waals surface area contributed by atoms with Crippen LogP contribution in [0.4, 0.5) is 0 Å². The number of benzene rings is 1. The van der Waals surface area contributed by atoms with Gasteiger partial charge in [0.2, 0.25) is 0 Å². The highest BCUT2D eigenvalue weighted by molar-refractivity contribution is 5.48. The van der Waals surface area contributed by atoms with Crippen molar-refractivity contribution in [3.63, 3.8) is 0 Å². The predicted octanol–water partition coefficient (Wildman–Crippen LogP) is 2.99. The topological polar surface area (TPSA) is 41.6 Å². The number of aromatic nitrogens is 2. The van der Waals surface area contributed by atoms with Crippen LogP contribution in [0.2, 0.25) is 0 Å². The Kier molecular flexibility index (Phi) is 3.63. The lowest BCUT2D eigenvalue weighted by Gasteiger charge is -2.19. The second-order valence-corrected chi connectivity index (χ2v) is 5.84. The first-order valence-electron chi connectivity index (χ1n) is 6.44. The van der Waals surface area contributed by atoms with E-state index in [2.05, 4.69) is 43.7 Å². The SMILES string of the molecule is Cn1cnc(C#Cc2cc(C#N)cc(C(C)(C)C)c2)c1. The zero-order valence-corrected chi connectivity index (χ0v) is 12.2. The van der Waals surface area contributed by atoms with Gasteiger partial charge in [-0.15, -0.1) is 0 Å². The van der Waals surface area contributed by atoms with Crippen LogP contribution in [0.15, 0.2) is 30.7 Å². The van der Waals surface area contributed by atoms with Gasteiger partial charge in [-0.25, -0.2) is 4.98 Å². The summed E-state index contributed by atoms with van der Waals surface area (Å²) in [5.74, 6) is 6.10. The molecule has 0 fully saturated rings. The molecule has 0 aliphatic heterocycles. The van der Waals surface area contributed by atoms with Crippen molar-refractivity contribution in [2.45, 2.75) is 26.2 Å². The maximum atomic E-state index is 9.13. The summed E-state index contributed by atoms with van der Waals surface area (Å²) >= 11 is 0. The summed E-state index contributed by atoms with van der Waals surface area (Å²) in [6.45, 7) is 6.37. The van der Waals surface area contributed by atoms with Crippen LogP contribution >= 0.6 is 0 Å². The lowest BCUT2D eigenvalue weighted by Crippen LogP contribution is -2.11. The zero-order valence-electron chi connectivity index (χ0n) is 12.2. The van der Waals surface area contributed by atoms with Gasteiger partial charge in [0.1, 0.15) is 5.69 Å². The Morgan fingerprint density at radius 2 is 1.80 bits per heavy atom. The molecule has 3 heteroatoms. The van der Waals surface area contributed by atoms with E-state index in [-0.39, 0.29) is 5.41 Å². The average Bonchev–Trinajstić information content (AvgIpc) is 2.81. The second-order valence-electron chi connectivity index (χ2n) is 5.84.